The van der Waals surface area contributed by atoms with E-state index >= 15 is 0 Å². The predicted octanol–water partition coefficient (Wildman–Crippen LogP) is 5.68. The average Bonchev–Trinajstić information content (AvgIpc) is 2.83. The lowest BCUT2D eigenvalue weighted by molar-refractivity contribution is 0.0286. The van der Waals surface area contributed by atoms with E-state index in [1.54, 1.807) is 0 Å². The third-order valence-corrected chi connectivity index (χ3v) is 5.03. The molecule has 0 spiro atoms. The zero-order chi connectivity index (χ0) is 14.5. The van der Waals surface area contributed by atoms with Crippen molar-refractivity contribution in [2.45, 2.75) is 80.1 Å². The summed E-state index contributed by atoms with van der Waals surface area (Å²) in [6, 6.07) is 0. The summed E-state index contributed by atoms with van der Waals surface area (Å²) in [5, 5.41) is 0. The molecule has 1 aliphatic carbocycles. The molecule has 0 aromatic carbocycles. The van der Waals surface area contributed by atoms with Gasteiger partial charge in [0.25, 0.3) is 0 Å². The Morgan fingerprint density at radius 2 is 1.00 bits per heavy atom. The molecule has 2 aliphatic rings. The molecule has 0 aromatic heterocycles. The Labute approximate surface area is 121 Å². The molecule has 0 amide bonds. The molecular formula is C18H36O. The Kier molecular flexibility index (Phi) is 6.36. The first-order valence-electron chi connectivity index (χ1n) is 8.29. The molecule has 0 unspecified atom stereocenters. The van der Waals surface area contributed by atoms with Crippen LogP contribution < -0.4 is 0 Å². The molecule has 0 aromatic rings. The van der Waals surface area contributed by atoms with Gasteiger partial charge < -0.3 is 4.74 Å². The molecule has 0 N–H and O–H groups in total. The summed E-state index contributed by atoms with van der Waals surface area (Å²) in [6.45, 7) is 16.0. The fraction of sp³-hybridized carbons (Fsp3) is 1.00. The smallest absolute Gasteiger partial charge is 0.0468 e. The third kappa shape index (κ3) is 6.29. The fourth-order valence-electron chi connectivity index (χ4n) is 3.36. The fourth-order valence-corrected chi connectivity index (χ4v) is 3.36. The minimum Gasteiger partial charge on any atom is -0.381 e. The normalized spacial score (nSPS) is 23.1. The molecule has 1 heteroatoms. The molecule has 0 bridgehead atoms. The second kappa shape index (κ2) is 7.11. The lowest BCUT2D eigenvalue weighted by atomic mass is 9.76. The summed E-state index contributed by atoms with van der Waals surface area (Å²) in [4.78, 5) is 0. The van der Waals surface area contributed by atoms with Crippen LogP contribution in [0.4, 0.5) is 0 Å². The van der Waals surface area contributed by atoms with E-state index in [1.807, 2.05) is 0 Å². The minimum atomic E-state index is 0.490. The van der Waals surface area contributed by atoms with Gasteiger partial charge >= 0.3 is 0 Å². The van der Waals surface area contributed by atoms with Gasteiger partial charge in [-0.15, -0.1) is 0 Å². The summed E-state index contributed by atoms with van der Waals surface area (Å²) in [5.41, 5.74) is 1.07. The highest BCUT2D eigenvalue weighted by Crippen LogP contribution is 2.38. The Hall–Kier alpha value is -0.0400. The third-order valence-electron chi connectivity index (χ3n) is 5.03. The van der Waals surface area contributed by atoms with Crippen LogP contribution >= 0.6 is 0 Å². The van der Waals surface area contributed by atoms with Gasteiger partial charge in [0.2, 0.25) is 0 Å². The maximum Gasteiger partial charge on any atom is 0.0468 e. The van der Waals surface area contributed by atoms with Crippen molar-refractivity contribution < 1.29 is 4.74 Å². The van der Waals surface area contributed by atoms with Gasteiger partial charge in [-0.3, -0.25) is 0 Å². The number of ether oxygens (including phenoxy) is 1. The first kappa shape index (κ1) is 17.0. The average molecular weight is 268 g/mol. The number of hydrogen-bond acceptors (Lipinski definition) is 1. The zero-order valence-corrected chi connectivity index (χ0v) is 14.2. The van der Waals surface area contributed by atoms with E-state index in [9.17, 15) is 0 Å². The molecule has 0 radical (unpaired) electrons. The van der Waals surface area contributed by atoms with Gasteiger partial charge in [-0.1, -0.05) is 54.4 Å². The van der Waals surface area contributed by atoms with Crippen LogP contribution in [0.1, 0.15) is 80.1 Å². The van der Waals surface area contributed by atoms with E-state index < -0.39 is 0 Å². The Morgan fingerprint density at radius 3 is 1.26 bits per heavy atom. The summed E-state index contributed by atoms with van der Waals surface area (Å²) in [6.07, 6.45) is 8.41. The van der Waals surface area contributed by atoms with Crippen LogP contribution in [0.25, 0.3) is 0 Å². The van der Waals surface area contributed by atoms with Crippen molar-refractivity contribution in [3.63, 3.8) is 0 Å². The largest absolute Gasteiger partial charge is 0.381 e. The molecule has 0 atom stereocenters. The van der Waals surface area contributed by atoms with Crippen LogP contribution in [0, 0.1) is 22.7 Å². The van der Waals surface area contributed by atoms with Crippen LogP contribution in [-0.2, 0) is 4.74 Å². The van der Waals surface area contributed by atoms with E-state index in [-0.39, 0.29) is 0 Å². The monoisotopic (exact) mass is 268 g/mol. The van der Waals surface area contributed by atoms with Gasteiger partial charge in [0.15, 0.2) is 0 Å². The van der Waals surface area contributed by atoms with Crippen LogP contribution in [0.2, 0.25) is 0 Å². The van der Waals surface area contributed by atoms with Crippen molar-refractivity contribution in [2.24, 2.45) is 22.7 Å². The van der Waals surface area contributed by atoms with E-state index in [0.29, 0.717) is 10.8 Å². The maximum absolute atomic E-state index is 5.29. The van der Waals surface area contributed by atoms with Gasteiger partial charge in [-0.2, -0.15) is 0 Å². The lowest BCUT2D eigenvalue weighted by Gasteiger charge is -2.33. The van der Waals surface area contributed by atoms with Crippen LogP contribution in [0.3, 0.4) is 0 Å². The SMILES string of the molecule is CC(C)(C)C1CCCC1.CC(C)(C)C1CCOCC1. The molecule has 2 rings (SSSR count). The molecule has 1 heterocycles. The van der Waals surface area contributed by atoms with Crippen molar-refractivity contribution in [1.29, 1.82) is 0 Å². The van der Waals surface area contributed by atoms with E-state index in [4.69, 9.17) is 4.74 Å². The quantitative estimate of drug-likeness (QED) is 0.549. The molecule has 2 fully saturated rings. The first-order valence-corrected chi connectivity index (χ1v) is 8.29. The molecule has 1 saturated heterocycles. The van der Waals surface area contributed by atoms with Crippen molar-refractivity contribution in [3.8, 4) is 0 Å². The summed E-state index contributed by atoms with van der Waals surface area (Å²) in [7, 11) is 0. The second-order valence-corrected chi connectivity index (χ2v) is 8.60. The molecule has 1 aliphatic heterocycles. The summed E-state index contributed by atoms with van der Waals surface area (Å²) >= 11 is 0. The highest BCUT2D eigenvalue weighted by atomic mass is 16.5. The van der Waals surface area contributed by atoms with Gasteiger partial charge in [0.1, 0.15) is 0 Å². The van der Waals surface area contributed by atoms with Gasteiger partial charge in [0, 0.05) is 13.2 Å². The predicted molar refractivity (Wildman–Crippen MR) is 84.4 cm³/mol. The molecular weight excluding hydrogens is 232 g/mol. The molecule has 19 heavy (non-hydrogen) atoms. The van der Waals surface area contributed by atoms with Crippen LogP contribution in [-0.4, -0.2) is 13.2 Å². The zero-order valence-electron chi connectivity index (χ0n) is 14.2. The van der Waals surface area contributed by atoms with Crippen LogP contribution in [0.15, 0.2) is 0 Å². The maximum atomic E-state index is 5.29. The standard InChI is InChI=1S/C9H18O.C9H18/c1-9(2,3)8-4-6-10-7-5-8;1-9(2,3)8-6-4-5-7-8/h8H,4-7H2,1-3H3;8H,4-7H2,1-3H3. The number of rotatable bonds is 0. The van der Waals surface area contributed by atoms with E-state index in [2.05, 4.69) is 41.5 Å². The lowest BCUT2D eigenvalue weighted by Crippen LogP contribution is -2.27. The summed E-state index contributed by atoms with van der Waals surface area (Å²) < 4.78 is 5.29. The Morgan fingerprint density at radius 1 is 0.632 bits per heavy atom. The number of hydrogen-bond donors (Lipinski definition) is 0. The second-order valence-electron chi connectivity index (χ2n) is 8.60. The molecule has 114 valence electrons. The van der Waals surface area contributed by atoms with Gasteiger partial charge in [-0.25, -0.2) is 0 Å². The van der Waals surface area contributed by atoms with Gasteiger partial charge in [-0.05, 0) is 48.3 Å². The highest BCUT2D eigenvalue weighted by Gasteiger charge is 2.27. The van der Waals surface area contributed by atoms with E-state index in [1.165, 1.54) is 38.5 Å². The van der Waals surface area contributed by atoms with Crippen molar-refractivity contribution >= 4 is 0 Å². The Bertz CT molecular complexity index is 231. The molecule has 1 nitrogen and oxygen atoms in total. The van der Waals surface area contributed by atoms with Crippen molar-refractivity contribution in [2.75, 3.05) is 13.2 Å². The minimum absolute atomic E-state index is 0.490. The van der Waals surface area contributed by atoms with E-state index in [0.717, 1.165) is 25.0 Å². The van der Waals surface area contributed by atoms with Crippen molar-refractivity contribution in [3.05, 3.63) is 0 Å². The topological polar surface area (TPSA) is 9.23 Å². The highest BCUT2D eigenvalue weighted by molar-refractivity contribution is 4.78. The molecule has 1 saturated carbocycles. The first-order chi connectivity index (χ1) is 8.71. The van der Waals surface area contributed by atoms with Gasteiger partial charge in [0.05, 0.1) is 0 Å². The Balaban J connectivity index is 0.000000191. The van der Waals surface area contributed by atoms with Crippen molar-refractivity contribution in [1.82, 2.24) is 0 Å². The van der Waals surface area contributed by atoms with Crippen LogP contribution in [0.5, 0.6) is 0 Å². The summed E-state index contributed by atoms with van der Waals surface area (Å²) in [5.74, 6) is 1.89.